The molecule has 15 heavy (non-hydrogen) atoms. The zero-order valence-electron chi connectivity index (χ0n) is 8.98. The van der Waals surface area contributed by atoms with E-state index < -0.39 is 0 Å². The molecule has 1 saturated heterocycles. The molecule has 0 spiro atoms. The molecular formula is C13H16O2. The molecular weight excluding hydrogens is 188 g/mol. The van der Waals surface area contributed by atoms with E-state index >= 15 is 0 Å². The van der Waals surface area contributed by atoms with Crippen molar-refractivity contribution in [3.63, 3.8) is 0 Å². The van der Waals surface area contributed by atoms with Crippen LogP contribution in [0.3, 0.4) is 0 Å². The van der Waals surface area contributed by atoms with Crippen molar-refractivity contribution >= 4 is 6.08 Å². The summed E-state index contributed by atoms with van der Waals surface area (Å²) in [7, 11) is 0. The Balaban J connectivity index is 2.08. The van der Waals surface area contributed by atoms with Gasteiger partial charge in [0.2, 0.25) is 0 Å². The van der Waals surface area contributed by atoms with E-state index in [1.165, 1.54) is 11.1 Å². The van der Waals surface area contributed by atoms with Crippen molar-refractivity contribution < 1.29 is 9.47 Å². The van der Waals surface area contributed by atoms with Crippen LogP contribution in [0.25, 0.3) is 6.08 Å². The summed E-state index contributed by atoms with van der Waals surface area (Å²) >= 11 is 0. The monoisotopic (exact) mass is 204 g/mol. The maximum Gasteiger partial charge on any atom is 0.147 e. The van der Waals surface area contributed by atoms with Gasteiger partial charge in [0.1, 0.15) is 6.79 Å². The molecule has 80 valence electrons. The van der Waals surface area contributed by atoms with Crippen molar-refractivity contribution in [1.29, 1.82) is 0 Å². The second-order valence-corrected chi connectivity index (χ2v) is 3.64. The molecule has 1 fully saturated rings. The lowest BCUT2D eigenvalue weighted by Crippen LogP contribution is -2.16. The van der Waals surface area contributed by atoms with E-state index in [9.17, 15) is 0 Å². The van der Waals surface area contributed by atoms with E-state index in [0.29, 0.717) is 6.79 Å². The molecule has 0 N–H and O–H groups in total. The second-order valence-electron chi connectivity index (χ2n) is 3.64. The minimum absolute atomic E-state index is 0.207. The third-order valence-electron chi connectivity index (χ3n) is 2.54. The first-order valence-corrected chi connectivity index (χ1v) is 5.32. The molecule has 0 aliphatic carbocycles. The summed E-state index contributed by atoms with van der Waals surface area (Å²) in [5.41, 5.74) is 2.47. The quantitative estimate of drug-likeness (QED) is 0.736. The molecule has 1 aromatic carbocycles. The summed E-state index contributed by atoms with van der Waals surface area (Å²) in [6, 6.07) is 8.50. The summed E-state index contributed by atoms with van der Waals surface area (Å²) in [6.45, 7) is 3.23. The molecule has 2 rings (SSSR count). The van der Waals surface area contributed by atoms with Gasteiger partial charge in [-0.2, -0.15) is 0 Å². The minimum Gasteiger partial charge on any atom is -0.355 e. The van der Waals surface area contributed by atoms with Crippen molar-refractivity contribution in [2.45, 2.75) is 19.4 Å². The second kappa shape index (κ2) is 5.10. The Labute approximate surface area is 90.5 Å². The first kappa shape index (κ1) is 10.4. The molecule has 1 aliphatic rings. The number of allylic oxidation sites excluding steroid dienone is 1. The van der Waals surface area contributed by atoms with E-state index in [0.717, 1.165) is 13.0 Å². The molecule has 1 aromatic rings. The SMILES string of the molecule is C/C=C/c1ccc(C2CCOCO2)cc1. The lowest BCUT2D eigenvalue weighted by molar-refractivity contribution is -0.140. The average molecular weight is 204 g/mol. The molecule has 1 heterocycles. The van der Waals surface area contributed by atoms with Crippen LogP contribution >= 0.6 is 0 Å². The minimum atomic E-state index is 0.207. The van der Waals surface area contributed by atoms with Gasteiger partial charge in [-0.25, -0.2) is 0 Å². The summed E-state index contributed by atoms with van der Waals surface area (Å²) in [6.07, 6.45) is 5.29. The van der Waals surface area contributed by atoms with Gasteiger partial charge in [-0.1, -0.05) is 36.4 Å². The predicted octanol–water partition coefficient (Wildman–Crippen LogP) is 3.16. The third-order valence-corrected chi connectivity index (χ3v) is 2.54. The van der Waals surface area contributed by atoms with Crippen LogP contribution in [-0.2, 0) is 9.47 Å². The van der Waals surface area contributed by atoms with Gasteiger partial charge >= 0.3 is 0 Å². The van der Waals surface area contributed by atoms with Gasteiger partial charge < -0.3 is 9.47 Å². The Morgan fingerprint density at radius 1 is 1.27 bits per heavy atom. The lowest BCUT2D eigenvalue weighted by atomic mass is 10.0. The predicted molar refractivity (Wildman–Crippen MR) is 60.4 cm³/mol. The van der Waals surface area contributed by atoms with Gasteiger partial charge in [0.15, 0.2) is 0 Å². The number of hydrogen-bond donors (Lipinski definition) is 0. The zero-order chi connectivity index (χ0) is 10.5. The molecule has 0 amide bonds. The van der Waals surface area contributed by atoms with Gasteiger partial charge in [0.05, 0.1) is 12.7 Å². The van der Waals surface area contributed by atoms with Crippen LogP contribution in [0.4, 0.5) is 0 Å². The first-order valence-electron chi connectivity index (χ1n) is 5.32. The van der Waals surface area contributed by atoms with Crippen LogP contribution in [0.5, 0.6) is 0 Å². The standard InChI is InChI=1S/C13H16O2/c1-2-3-11-4-6-12(7-5-11)13-8-9-14-10-15-13/h2-7,13H,8-10H2,1H3/b3-2+. The first-order chi connectivity index (χ1) is 7.40. The molecule has 1 unspecified atom stereocenters. The van der Waals surface area contributed by atoms with Crippen LogP contribution in [0.1, 0.15) is 30.6 Å². The Morgan fingerprint density at radius 2 is 2.07 bits per heavy atom. The van der Waals surface area contributed by atoms with E-state index in [4.69, 9.17) is 9.47 Å². The molecule has 2 heteroatoms. The van der Waals surface area contributed by atoms with Gasteiger partial charge in [-0.05, 0) is 18.1 Å². The molecule has 1 atom stereocenters. The summed E-state index contributed by atoms with van der Waals surface area (Å²) in [5, 5.41) is 0. The van der Waals surface area contributed by atoms with Gasteiger partial charge in [0.25, 0.3) is 0 Å². The van der Waals surface area contributed by atoms with Gasteiger partial charge in [-0.3, -0.25) is 0 Å². The van der Waals surface area contributed by atoms with Gasteiger partial charge in [0, 0.05) is 6.42 Å². The maximum absolute atomic E-state index is 5.52. The van der Waals surface area contributed by atoms with E-state index in [-0.39, 0.29) is 6.10 Å². The lowest BCUT2D eigenvalue weighted by Gasteiger charge is -2.23. The highest BCUT2D eigenvalue weighted by Crippen LogP contribution is 2.24. The Bertz CT molecular complexity index is 321. The highest BCUT2D eigenvalue weighted by atomic mass is 16.7. The fraction of sp³-hybridized carbons (Fsp3) is 0.385. The molecule has 0 bridgehead atoms. The normalized spacial score (nSPS) is 22.1. The molecule has 1 aliphatic heterocycles. The number of benzene rings is 1. The highest BCUT2D eigenvalue weighted by Gasteiger charge is 2.15. The molecule has 0 aromatic heterocycles. The zero-order valence-corrected chi connectivity index (χ0v) is 8.98. The van der Waals surface area contributed by atoms with E-state index in [1.807, 2.05) is 13.0 Å². The van der Waals surface area contributed by atoms with Gasteiger partial charge in [-0.15, -0.1) is 0 Å². The Kier molecular flexibility index (Phi) is 3.54. The van der Waals surface area contributed by atoms with E-state index in [1.54, 1.807) is 0 Å². The topological polar surface area (TPSA) is 18.5 Å². The molecule has 2 nitrogen and oxygen atoms in total. The summed E-state index contributed by atoms with van der Waals surface area (Å²) < 4.78 is 10.7. The van der Waals surface area contributed by atoms with Crippen molar-refractivity contribution in [3.8, 4) is 0 Å². The Morgan fingerprint density at radius 3 is 2.67 bits per heavy atom. The van der Waals surface area contributed by atoms with Crippen molar-refractivity contribution in [1.82, 2.24) is 0 Å². The number of hydrogen-bond acceptors (Lipinski definition) is 2. The van der Waals surface area contributed by atoms with Crippen LogP contribution in [0.15, 0.2) is 30.3 Å². The van der Waals surface area contributed by atoms with Crippen molar-refractivity contribution in [3.05, 3.63) is 41.5 Å². The third kappa shape index (κ3) is 2.67. The molecule has 0 saturated carbocycles. The maximum atomic E-state index is 5.52. The summed E-state index contributed by atoms with van der Waals surface area (Å²) in [5.74, 6) is 0. The fourth-order valence-corrected chi connectivity index (χ4v) is 1.74. The largest absolute Gasteiger partial charge is 0.355 e. The van der Waals surface area contributed by atoms with Crippen LogP contribution in [0.2, 0.25) is 0 Å². The van der Waals surface area contributed by atoms with Crippen molar-refractivity contribution in [2.24, 2.45) is 0 Å². The Hall–Kier alpha value is -1.12. The van der Waals surface area contributed by atoms with Crippen LogP contribution in [-0.4, -0.2) is 13.4 Å². The average Bonchev–Trinajstić information content (AvgIpc) is 2.32. The summed E-state index contributed by atoms with van der Waals surface area (Å²) in [4.78, 5) is 0. The smallest absolute Gasteiger partial charge is 0.147 e. The fourth-order valence-electron chi connectivity index (χ4n) is 1.74. The molecule has 0 radical (unpaired) electrons. The van der Waals surface area contributed by atoms with Crippen LogP contribution in [0, 0.1) is 0 Å². The number of ether oxygens (including phenoxy) is 2. The van der Waals surface area contributed by atoms with Crippen molar-refractivity contribution in [2.75, 3.05) is 13.4 Å². The number of rotatable bonds is 2. The van der Waals surface area contributed by atoms with E-state index in [2.05, 4.69) is 30.3 Å². The van der Waals surface area contributed by atoms with Crippen LogP contribution < -0.4 is 0 Å². The highest BCUT2D eigenvalue weighted by molar-refractivity contribution is 5.49.